The van der Waals surface area contributed by atoms with Crippen LogP contribution >= 0.6 is 0 Å². The lowest BCUT2D eigenvalue weighted by molar-refractivity contribution is -0.118. The van der Waals surface area contributed by atoms with E-state index in [2.05, 4.69) is 45.0 Å². The van der Waals surface area contributed by atoms with Crippen LogP contribution in [0.25, 0.3) is 0 Å². The van der Waals surface area contributed by atoms with Gasteiger partial charge in [0.25, 0.3) is 0 Å². The molecule has 0 aliphatic rings. The number of amides is 1. The van der Waals surface area contributed by atoms with Gasteiger partial charge in [0.15, 0.2) is 0 Å². The summed E-state index contributed by atoms with van der Waals surface area (Å²) in [5.74, 6) is -0.189. The molecule has 0 aromatic carbocycles. The van der Waals surface area contributed by atoms with E-state index in [-0.39, 0.29) is 12.0 Å². The van der Waals surface area contributed by atoms with Gasteiger partial charge in [-0.3, -0.25) is 4.79 Å². The van der Waals surface area contributed by atoms with Crippen LogP contribution in [0.15, 0.2) is 12.2 Å². The van der Waals surface area contributed by atoms with Gasteiger partial charge in [-0.2, -0.15) is 0 Å². The highest BCUT2D eigenvalue weighted by atomic mass is 16.3. The van der Waals surface area contributed by atoms with Gasteiger partial charge in [-0.05, 0) is 59.2 Å². The smallest absolute Gasteiger partial charge is 0.217 e. The number of primary amides is 1. The summed E-state index contributed by atoms with van der Waals surface area (Å²) in [4.78, 5) is 12.7. The lowest BCUT2D eigenvalue weighted by Gasteiger charge is -2.07. The molecule has 0 bridgehead atoms. The molecule has 3 N–H and O–H groups in total. The lowest BCUT2D eigenvalue weighted by atomic mass is 10.1. The summed E-state index contributed by atoms with van der Waals surface area (Å²) in [7, 11) is 4.17. The summed E-state index contributed by atoms with van der Waals surface area (Å²) in [6.07, 6.45) is 19.3. The first-order valence-corrected chi connectivity index (χ1v) is 11.2. The molecular formula is C23H48N2O2. The molecule has 0 saturated heterocycles. The number of carbonyl (C=O) groups excluding carboxylic acids is 1. The van der Waals surface area contributed by atoms with Gasteiger partial charge < -0.3 is 15.7 Å². The molecule has 27 heavy (non-hydrogen) atoms. The SMILES string of the molecule is CCCCCC[C@@H](O)C/C=C\CCCCCCCC(N)=O.CCCN(C)C. The van der Waals surface area contributed by atoms with E-state index in [4.69, 9.17) is 5.73 Å². The maximum Gasteiger partial charge on any atom is 0.217 e. The van der Waals surface area contributed by atoms with Gasteiger partial charge in [-0.15, -0.1) is 0 Å². The van der Waals surface area contributed by atoms with Gasteiger partial charge in [0.1, 0.15) is 0 Å². The number of nitrogens with two attached hydrogens (primary N) is 1. The maximum atomic E-state index is 10.6. The average molecular weight is 385 g/mol. The zero-order valence-electron chi connectivity index (χ0n) is 18.7. The van der Waals surface area contributed by atoms with Crippen LogP contribution in [0.4, 0.5) is 0 Å². The van der Waals surface area contributed by atoms with Crippen LogP contribution in [0.2, 0.25) is 0 Å². The van der Waals surface area contributed by atoms with Crippen LogP contribution in [-0.4, -0.2) is 42.7 Å². The molecule has 0 saturated carbocycles. The number of hydrogen-bond acceptors (Lipinski definition) is 3. The minimum absolute atomic E-state index is 0.160. The molecule has 0 rings (SSSR count). The Kier molecular flexibility index (Phi) is 24.3. The lowest BCUT2D eigenvalue weighted by Crippen LogP contribution is -2.11. The van der Waals surface area contributed by atoms with Crippen molar-refractivity contribution in [3.63, 3.8) is 0 Å². The summed E-state index contributed by atoms with van der Waals surface area (Å²) in [5, 5.41) is 9.80. The predicted molar refractivity (Wildman–Crippen MR) is 119 cm³/mol. The molecule has 0 radical (unpaired) electrons. The summed E-state index contributed by atoms with van der Waals surface area (Å²) in [6, 6.07) is 0. The van der Waals surface area contributed by atoms with Gasteiger partial charge in [0, 0.05) is 6.42 Å². The van der Waals surface area contributed by atoms with Gasteiger partial charge >= 0.3 is 0 Å². The molecule has 0 spiro atoms. The van der Waals surface area contributed by atoms with Crippen molar-refractivity contribution in [1.82, 2.24) is 4.90 Å². The Morgan fingerprint density at radius 2 is 1.56 bits per heavy atom. The fraction of sp³-hybridized carbons (Fsp3) is 0.870. The molecule has 0 aromatic rings. The van der Waals surface area contributed by atoms with E-state index in [1.165, 1.54) is 51.5 Å². The fourth-order valence-electron chi connectivity index (χ4n) is 2.83. The molecule has 0 aliphatic heterocycles. The van der Waals surface area contributed by atoms with Gasteiger partial charge in [0.05, 0.1) is 6.10 Å². The van der Waals surface area contributed by atoms with Crippen molar-refractivity contribution in [2.45, 2.75) is 110 Å². The van der Waals surface area contributed by atoms with E-state index >= 15 is 0 Å². The fourth-order valence-corrected chi connectivity index (χ4v) is 2.83. The van der Waals surface area contributed by atoms with E-state index in [9.17, 15) is 9.90 Å². The van der Waals surface area contributed by atoms with E-state index in [0.29, 0.717) is 6.42 Å². The van der Waals surface area contributed by atoms with Crippen molar-refractivity contribution >= 4 is 5.91 Å². The largest absolute Gasteiger partial charge is 0.393 e. The van der Waals surface area contributed by atoms with Crippen molar-refractivity contribution in [3.8, 4) is 0 Å². The zero-order chi connectivity index (χ0) is 20.8. The first-order chi connectivity index (χ1) is 12.9. The number of aliphatic hydroxyl groups is 1. The highest BCUT2D eigenvalue weighted by molar-refractivity contribution is 5.73. The Morgan fingerprint density at radius 1 is 0.926 bits per heavy atom. The molecule has 0 heterocycles. The molecule has 4 nitrogen and oxygen atoms in total. The zero-order valence-corrected chi connectivity index (χ0v) is 18.7. The highest BCUT2D eigenvalue weighted by Gasteiger charge is 2.00. The van der Waals surface area contributed by atoms with Crippen LogP contribution < -0.4 is 5.73 Å². The average Bonchev–Trinajstić information content (AvgIpc) is 2.60. The molecule has 0 fully saturated rings. The first kappa shape index (κ1) is 28.3. The third-order valence-electron chi connectivity index (χ3n) is 4.43. The maximum absolute atomic E-state index is 10.6. The predicted octanol–water partition coefficient (Wildman–Crippen LogP) is 5.44. The minimum atomic E-state index is -0.189. The van der Waals surface area contributed by atoms with Gasteiger partial charge in [-0.1, -0.05) is 70.9 Å². The van der Waals surface area contributed by atoms with Crippen molar-refractivity contribution in [1.29, 1.82) is 0 Å². The Hall–Kier alpha value is -0.870. The standard InChI is InChI=1S/C18H35NO2.C5H13N/c1-2-3-4-11-14-17(20)15-12-9-7-5-6-8-10-13-16-18(19)21;1-4-5-6(2)3/h9,12,17,20H,2-8,10-11,13-16H2,1H3,(H2,19,21);4-5H2,1-3H3/b12-9-;/t17-;/m1./s1. The number of rotatable bonds is 17. The summed E-state index contributed by atoms with van der Waals surface area (Å²) >= 11 is 0. The number of nitrogens with zero attached hydrogens (tertiary/aromatic N) is 1. The van der Waals surface area contributed by atoms with Crippen LogP contribution in [0, 0.1) is 0 Å². The van der Waals surface area contributed by atoms with Crippen LogP contribution in [0.3, 0.4) is 0 Å². The monoisotopic (exact) mass is 384 g/mol. The molecule has 1 amide bonds. The third kappa shape index (κ3) is 30.1. The van der Waals surface area contributed by atoms with Crippen LogP contribution in [0.1, 0.15) is 104 Å². The topological polar surface area (TPSA) is 66.6 Å². The van der Waals surface area contributed by atoms with Crippen molar-refractivity contribution in [2.75, 3.05) is 20.6 Å². The third-order valence-corrected chi connectivity index (χ3v) is 4.43. The molecule has 4 heteroatoms. The first-order valence-electron chi connectivity index (χ1n) is 11.2. The molecule has 0 aliphatic carbocycles. The van der Waals surface area contributed by atoms with E-state index in [1.807, 2.05) is 0 Å². The minimum Gasteiger partial charge on any atom is -0.393 e. The van der Waals surface area contributed by atoms with E-state index in [1.54, 1.807) is 0 Å². The number of carbonyl (C=O) groups is 1. The van der Waals surface area contributed by atoms with Crippen LogP contribution in [-0.2, 0) is 4.79 Å². The molecule has 0 unspecified atom stereocenters. The number of unbranched alkanes of at least 4 members (excludes halogenated alkanes) is 8. The van der Waals surface area contributed by atoms with Gasteiger partial charge in [0.2, 0.25) is 5.91 Å². The molecule has 162 valence electrons. The second-order valence-electron chi connectivity index (χ2n) is 7.79. The van der Waals surface area contributed by atoms with E-state index < -0.39 is 0 Å². The Bertz CT molecular complexity index is 330. The van der Waals surface area contributed by atoms with Crippen molar-refractivity contribution in [2.24, 2.45) is 5.73 Å². The van der Waals surface area contributed by atoms with Crippen molar-refractivity contribution < 1.29 is 9.90 Å². The molecule has 0 aromatic heterocycles. The Labute approximate surface area is 169 Å². The molecule has 1 atom stereocenters. The Balaban J connectivity index is 0. The van der Waals surface area contributed by atoms with Crippen molar-refractivity contribution in [3.05, 3.63) is 12.2 Å². The summed E-state index contributed by atoms with van der Waals surface area (Å²) in [6.45, 7) is 5.59. The number of aliphatic hydroxyl groups excluding tert-OH is 1. The second-order valence-corrected chi connectivity index (χ2v) is 7.79. The number of hydrogen-bond donors (Lipinski definition) is 2. The second kappa shape index (κ2) is 23.2. The van der Waals surface area contributed by atoms with Gasteiger partial charge in [-0.25, -0.2) is 0 Å². The number of allylic oxidation sites excluding steroid dienone is 1. The quantitative estimate of drug-likeness (QED) is 0.259. The highest BCUT2D eigenvalue weighted by Crippen LogP contribution is 2.10. The Morgan fingerprint density at radius 3 is 2.11 bits per heavy atom. The normalized spacial score (nSPS) is 12.2. The van der Waals surface area contributed by atoms with Crippen LogP contribution in [0.5, 0.6) is 0 Å². The van der Waals surface area contributed by atoms with E-state index in [0.717, 1.165) is 38.5 Å². The summed E-state index contributed by atoms with van der Waals surface area (Å²) < 4.78 is 0. The summed E-state index contributed by atoms with van der Waals surface area (Å²) in [5.41, 5.74) is 5.09. The molecular weight excluding hydrogens is 336 g/mol.